The first-order valence-corrected chi connectivity index (χ1v) is 12.2. The van der Waals surface area contributed by atoms with Crippen molar-refractivity contribution in [3.63, 3.8) is 0 Å². The normalized spacial score (nSPS) is 18.6. The van der Waals surface area contributed by atoms with Crippen LogP contribution in [0.5, 0.6) is 0 Å². The fourth-order valence-electron chi connectivity index (χ4n) is 4.73. The summed E-state index contributed by atoms with van der Waals surface area (Å²) in [5.74, 6) is 1.57. The maximum Gasteiger partial charge on any atom is 0.241 e. The third-order valence-corrected chi connectivity index (χ3v) is 6.72. The average molecular weight is 572 g/mol. The van der Waals surface area contributed by atoms with Gasteiger partial charge >= 0.3 is 0 Å². The van der Waals surface area contributed by atoms with Gasteiger partial charge in [-0.25, -0.2) is 0 Å². The van der Waals surface area contributed by atoms with Crippen molar-refractivity contribution in [3.05, 3.63) is 35.9 Å². The first-order chi connectivity index (χ1) is 15.7. The van der Waals surface area contributed by atoms with Gasteiger partial charge in [-0.2, -0.15) is 0 Å². The molecule has 3 rings (SSSR count). The molecule has 186 valence electrons. The molecule has 2 saturated heterocycles. The number of carbonyl (C=O) groups is 1. The number of amides is 1. The highest BCUT2D eigenvalue weighted by Crippen LogP contribution is 2.21. The first kappa shape index (κ1) is 27.9. The Kier molecular flexibility index (Phi) is 13.1. The standard InChI is InChI=1S/C25H41N5O2.HI/c1-26-25(28-23-11-14-29(15-12-23)13-6-18-32-2)27-20-24(31)30-16-9-22(10-17-30)19-21-7-4-3-5-8-21;/h3-5,7-8,22-23H,6,9-20H2,1-2H3,(H2,26,27,28);1H. The van der Waals surface area contributed by atoms with Crippen LogP contribution < -0.4 is 10.6 Å². The number of halogens is 1. The quantitative estimate of drug-likeness (QED) is 0.207. The van der Waals surface area contributed by atoms with Crippen molar-refractivity contribution < 1.29 is 9.53 Å². The molecule has 2 aliphatic heterocycles. The summed E-state index contributed by atoms with van der Waals surface area (Å²) in [6.07, 6.45) is 6.55. The van der Waals surface area contributed by atoms with Crippen LogP contribution in [0, 0.1) is 5.92 Å². The molecule has 7 nitrogen and oxygen atoms in total. The van der Waals surface area contributed by atoms with E-state index in [9.17, 15) is 4.79 Å². The summed E-state index contributed by atoms with van der Waals surface area (Å²) < 4.78 is 5.15. The summed E-state index contributed by atoms with van der Waals surface area (Å²) in [6, 6.07) is 11.1. The third-order valence-electron chi connectivity index (χ3n) is 6.72. The molecule has 1 aromatic carbocycles. The molecule has 0 aliphatic carbocycles. The lowest BCUT2D eigenvalue weighted by Gasteiger charge is -2.34. The van der Waals surface area contributed by atoms with Crippen LogP contribution in [-0.2, 0) is 16.0 Å². The highest BCUT2D eigenvalue weighted by molar-refractivity contribution is 14.0. The van der Waals surface area contributed by atoms with Crippen molar-refractivity contribution in [2.45, 2.75) is 44.6 Å². The third kappa shape index (κ3) is 9.78. The van der Waals surface area contributed by atoms with E-state index in [4.69, 9.17) is 4.74 Å². The Labute approximate surface area is 216 Å². The van der Waals surface area contributed by atoms with Crippen LogP contribution in [0.2, 0.25) is 0 Å². The highest BCUT2D eigenvalue weighted by atomic mass is 127. The summed E-state index contributed by atoms with van der Waals surface area (Å²) >= 11 is 0. The van der Waals surface area contributed by atoms with Gasteiger partial charge in [0.05, 0.1) is 6.54 Å². The Morgan fingerprint density at radius 1 is 1.09 bits per heavy atom. The molecule has 0 unspecified atom stereocenters. The summed E-state index contributed by atoms with van der Waals surface area (Å²) in [5, 5.41) is 6.74. The molecular formula is C25H42IN5O2. The number of aliphatic imine (C=N–C) groups is 1. The number of likely N-dealkylation sites (tertiary alicyclic amines) is 2. The second kappa shape index (κ2) is 15.5. The molecule has 2 heterocycles. The monoisotopic (exact) mass is 571 g/mol. The van der Waals surface area contributed by atoms with Gasteiger partial charge in [0.1, 0.15) is 0 Å². The Bertz CT molecular complexity index is 702. The number of ether oxygens (including phenoxy) is 1. The minimum atomic E-state index is 0. The summed E-state index contributed by atoms with van der Waals surface area (Å²) in [6.45, 7) is 6.12. The number of nitrogens with zero attached hydrogens (tertiary/aromatic N) is 3. The lowest BCUT2D eigenvalue weighted by molar-refractivity contribution is -0.131. The number of piperidine rings is 2. The lowest BCUT2D eigenvalue weighted by atomic mass is 9.90. The van der Waals surface area contributed by atoms with Gasteiger partial charge in [-0.3, -0.25) is 9.79 Å². The number of hydrogen-bond donors (Lipinski definition) is 2. The number of nitrogens with one attached hydrogen (secondary N) is 2. The molecule has 1 aromatic rings. The molecule has 1 amide bonds. The van der Waals surface area contributed by atoms with Crippen LogP contribution in [0.3, 0.4) is 0 Å². The zero-order valence-corrected chi connectivity index (χ0v) is 22.6. The molecule has 2 N–H and O–H groups in total. The van der Waals surface area contributed by atoms with Crippen molar-refractivity contribution in [2.24, 2.45) is 10.9 Å². The Balaban J connectivity index is 0.00000385. The van der Waals surface area contributed by atoms with Crippen molar-refractivity contribution in [1.29, 1.82) is 0 Å². The smallest absolute Gasteiger partial charge is 0.241 e. The van der Waals surface area contributed by atoms with E-state index in [1.807, 2.05) is 4.90 Å². The summed E-state index contributed by atoms with van der Waals surface area (Å²) in [5.41, 5.74) is 1.40. The molecule has 2 fully saturated rings. The maximum atomic E-state index is 12.7. The molecule has 2 aliphatic rings. The molecular weight excluding hydrogens is 529 g/mol. The zero-order chi connectivity index (χ0) is 22.6. The molecule has 33 heavy (non-hydrogen) atoms. The van der Waals surface area contributed by atoms with E-state index in [1.165, 1.54) is 5.56 Å². The fraction of sp³-hybridized carbons (Fsp3) is 0.680. The fourth-order valence-corrected chi connectivity index (χ4v) is 4.73. The van der Waals surface area contributed by atoms with Crippen LogP contribution in [0.25, 0.3) is 0 Å². The van der Waals surface area contributed by atoms with Crippen LogP contribution in [0.15, 0.2) is 35.3 Å². The van der Waals surface area contributed by atoms with Crippen LogP contribution in [0.4, 0.5) is 0 Å². The van der Waals surface area contributed by atoms with Crippen LogP contribution in [0.1, 0.15) is 37.7 Å². The zero-order valence-electron chi connectivity index (χ0n) is 20.3. The van der Waals surface area contributed by atoms with Crippen LogP contribution in [-0.4, -0.2) is 87.7 Å². The van der Waals surface area contributed by atoms with Gasteiger partial charge in [0.25, 0.3) is 0 Å². The van der Waals surface area contributed by atoms with E-state index in [0.717, 1.165) is 83.8 Å². The van der Waals surface area contributed by atoms with Gasteiger partial charge in [0.15, 0.2) is 5.96 Å². The second-order valence-electron chi connectivity index (χ2n) is 9.05. The average Bonchev–Trinajstić information content (AvgIpc) is 2.84. The van der Waals surface area contributed by atoms with Gasteiger partial charge in [0, 0.05) is 59.5 Å². The summed E-state index contributed by atoms with van der Waals surface area (Å²) in [4.78, 5) is 21.5. The second-order valence-corrected chi connectivity index (χ2v) is 9.05. The molecule has 0 atom stereocenters. The molecule has 8 heteroatoms. The van der Waals surface area contributed by atoms with Crippen molar-refractivity contribution in [1.82, 2.24) is 20.4 Å². The van der Waals surface area contributed by atoms with Gasteiger partial charge in [-0.15, -0.1) is 24.0 Å². The van der Waals surface area contributed by atoms with E-state index in [2.05, 4.69) is 50.9 Å². The highest BCUT2D eigenvalue weighted by Gasteiger charge is 2.24. The van der Waals surface area contributed by atoms with E-state index in [-0.39, 0.29) is 29.9 Å². The molecule has 0 aromatic heterocycles. The van der Waals surface area contributed by atoms with Crippen molar-refractivity contribution in [3.8, 4) is 0 Å². The predicted molar refractivity (Wildman–Crippen MR) is 145 cm³/mol. The number of benzene rings is 1. The van der Waals surface area contributed by atoms with Gasteiger partial charge < -0.3 is 25.2 Å². The number of rotatable bonds is 9. The minimum absolute atomic E-state index is 0. The number of carbonyl (C=O) groups excluding carboxylic acids is 1. The Morgan fingerprint density at radius 3 is 2.42 bits per heavy atom. The Hall–Kier alpha value is -1.39. The van der Waals surface area contributed by atoms with Gasteiger partial charge in [-0.05, 0) is 50.0 Å². The Morgan fingerprint density at radius 2 is 1.79 bits per heavy atom. The first-order valence-electron chi connectivity index (χ1n) is 12.2. The van der Waals surface area contributed by atoms with E-state index < -0.39 is 0 Å². The van der Waals surface area contributed by atoms with E-state index in [0.29, 0.717) is 18.5 Å². The van der Waals surface area contributed by atoms with E-state index >= 15 is 0 Å². The summed E-state index contributed by atoms with van der Waals surface area (Å²) in [7, 11) is 3.53. The SMILES string of the molecule is CN=C(NCC(=O)N1CCC(Cc2ccccc2)CC1)NC1CCN(CCCOC)CC1.I. The minimum Gasteiger partial charge on any atom is -0.385 e. The number of hydrogen-bond acceptors (Lipinski definition) is 4. The topological polar surface area (TPSA) is 69.2 Å². The largest absolute Gasteiger partial charge is 0.385 e. The van der Waals surface area contributed by atoms with Crippen LogP contribution >= 0.6 is 24.0 Å². The number of methoxy groups -OCH3 is 1. The van der Waals surface area contributed by atoms with Gasteiger partial charge in [0.2, 0.25) is 5.91 Å². The predicted octanol–water partition coefficient (Wildman–Crippen LogP) is 2.75. The molecule has 0 saturated carbocycles. The van der Waals surface area contributed by atoms with Gasteiger partial charge in [-0.1, -0.05) is 30.3 Å². The van der Waals surface area contributed by atoms with Crippen molar-refractivity contribution >= 4 is 35.8 Å². The molecule has 0 spiro atoms. The molecule has 0 bridgehead atoms. The molecule has 0 radical (unpaired) electrons. The maximum absolute atomic E-state index is 12.7. The van der Waals surface area contributed by atoms with Crippen molar-refractivity contribution in [2.75, 3.05) is 60.0 Å². The van der Waals surface area contributed by atoms with E-state index in [1.54, 1.807) is 14.2 Å². The number of guanidine groups is 1. The lowest BCUT2D eigenvalue weighted by Crippen LogP contribution is -2.51.